The van der Waals surface area contributed by atoms with Gasteiger partial charge in [0.05, 0.1) is 23.7 Å². The van der Waals surface area contributed by atoms with Crippen molar-refractivity contribution in [1.29, 1.82) is 0 Å². The number of carbonyl (C=O) groups is 1. The van der Waals surface area contributed by atoms with Gasteiger partial charge >= 0.3 is 0 Å². The maximum Gasteiger partial charge on any atom is 0.247 e. The zero-order chi connectivity index (χ0) is 25.2. The lowest BCUT2D eigenvalue weighted by atomic mass is 10.1. The zero-order valence-electron chi connectivity index (χ0n) is 19.8. The van der Waals surface area contributed by atoms with Gasteiger partial charge in [0.25, 0.3) is 0 Å². The topological polar surface area (TPSA) is 121 Å². The standard InChI is InChI=1S/C24H28BrN5O4S/c1-4-16-8-15(3)9-18(10-16)33-6-7-34-23-19(25)11-17(12-20(23)32-5-2)14-27-28-21(31)13-22-29-30-24(26)35-22/h8-12,14H,4-7,13H2,1-3H3,(H2,26,30)(H,28,31). The van der Waals surface area contributed by atoms with Crippen LogP contribution in [-0.2, 0) is 17.6 Å². The predicted molar refractivity (Wildman–Crippen MR) is 141 cm³/mol. The number of nitrogens with zero attached hydrogens (tertiary/aromatic N) is 3. The molecule has 3 N–H and O–H groups in total. The van der Waals surface area contributed by atoms with E-state index in [4.69, 9.17) is 19.9 Å². The highest BCUT2D eigenvalue weighted by molar-refractivity contribution is 9.10. The van der Waals surface area contributed by atoms with Crippen molar-refractivity contribution in [2.45, 2.75) is 33.6 Å². The third kappa shape index (κ3) is 8.22. The Kier molecular flexibility index (Phi) is 9.86. The summed E-state index contributed by atoms with van der Waals surface area (Å²) in [6.07, 6.45) is 2.53. The molecule has 0 unspecified atom stereocenters. The van der Waals surface area contributed by atoms with E-state index >= 15 is 0 Å². The largest absolute Gasteiger partial charge is 0.490 e. The first-order chi connectivity index (χ1) is 16.9. The molecule has 1 aromatic heterocycles. The smallest absolute Gasteiger partial charge is 0.247 e. The highest BCUT2D eigenvalue weighted by Crippen LogP contribution is 2.36. The van der Waals surface area contributed by atoms with Crippen LogP contribution in [0.4, 0.5) is 5.13 Å². The number of aryl methyl sites for hydroxylation is 2. The number of carbonyl (C=O) groups excluding carboxylic acids is 1. The highest BCUT2D eigenvalue weighted by atomic mass is 79.9. The number of amides is 1. The van der Waals surface area contributed by atoms with Crippen LogP contribution in [0.1, 0.15) is 35.5 Å². The molecule has 1 heterocycles. The van der Waals surface area contributed by atoms with E-state index in [1.807, 2.05) is 25.1 Å². The molecule has 0 radical (unpaired) electrons. The Morgan fingerprint density at radius 2 is 1.94 bits per heavy atom. The lowest BCUT2D eigenvalue weighted by Crippen LogP contribution is -2.19. The summed E-state index contributed by atoms with van der Waals surface area (Å²) in [7, 11) is 0. The summed E-state index contributed by atoms with van der Waals surface area (Å²) in [5.74, 6) is 1.64. The first-order valence-electron chi connectivity index (χ1n) is 11.1. The van der Waals surface area contributed by atoms with Gasteiger partial charge in [0.1, 0.15) is 24.0 Å². The molecule has 186 valence electrons. The minimum Gasteiger partial charge on any atom is -0.490 e. The van der Waals surface area contributed by atoms with Gasteiger partial charge in [-0.2, -0.15) is 5.10 Å². The summed E-state index contributed by atoms with van der Waals surface area (Å²) in [5, 5.41) is 12.4. The number of hydrogen-bond donors (Lipinski definition) is 2. The minimum atomic E-state index is -0.318. The SMILES string of the molecule is CCOc1cc(C=NNC(=O)Cc2nnc(N)s2)cc(Br)c1OCCOc1cc(C)cc(CC)c1. The number of halogens is 1. The molecule has 0 fully saturated rings. The average molecular weight is 562 g/mol. The Morgan fingerprint density at radius 1 is 1.14 bits per heavy atom. The van der Waals surface area contributed by atoms with Crippen LogP contribution in [0.3, 0.4) is 0 Å². The van der Waals surface area contributed by atoms with Gasteiger partial charge in [-0.3, -0.25) is 4.79 Å². The number of nitrogens with two attached hydrogens (primary N) is 1. The van der Waals surface area contributed by atoms with Crippen molar-refractivity contribution in [1.82, 2.24) is 15.6 Å². The lowest BCUT2D eigenvalue weighted by molar-refractivity contribution is -0.120. The maximum atomic E-state index is 12.0. The number of hydrogen-bond acceptors (Lipinski definition) is 9. The second kappa shape index (κ2) is 13.1. The Bertz CT molecular complexity index is 1180. The molecule has 1 amide bonds. The summed E-state index contributed by atoms with van der Waals surface area (Å²) >= 11 is 4.70. The molecule has 3 aromatic rings. The number of anilines is 1. The van der Waals surface area contributed by atoms with Crippen molar-refractivity contribution in [2.75, 3.05) is 25.6 Å². The van der Waals surface area contributed by atoms with Crippen molar-refractivity contribution >= 4 is 44.5 Å². The maximum absolute atomic E-state index is 12.0. The third-order valence-corrected chi connectivity index (χ3v) is 5.99. The first kappa shape index (κ1) is 26.4. The fourth-order valence-corrected chi connectivity index (χ4v) is 4.36. The fraction of sp³-hybridized carbons (Fsp3) is 0.333. The molecule has 0 aliphatic rings. The molecule has 0 atom stereocenters. The van der Waals surface area contributed by atoms with Crippen LogP contribution in [0.25, 0.3) is 0 Å². The third-order valence-electron chi connectivity index (χ3n) is 4.65. The van der Waals surface area contributed by atoms with Gasteiger partial charge in [-0.25, -0.2) is 5.43 Å². The van der Waals surface area contributed by atoms with Crippen molar-refractivity contribution in [3.05, 3.63) is 56.5 Å². The van der Waals surface area contributed by atoms with E-state index in [1.54, 1.807) is 6.07 Å². The molecule has 0 saturated heterocycles. The van der Waals surface area contributed by atoms with Crippen LogP contribution in [0.2, 0.25) is 0 Å². The molecule has 0 bridgehead atoms. The molecule has 2 aromatic carbocycles. The van der Waals surface area contributed by atoms with Gasteiger partial charge in [-0.1, -0.05) is 24.3 Å². The van der Waals surface area contributed by atoms with Gasteiger partial charge < -0.3 is 19.9 Å². The molecule has 9 nitrogen and oxygen atoms in total. The molecular weight excluding hydrogens is 534 g/mol. The number of benzene rings is 2. The number of rotatable bonds is 12. The summed E-state index contributed by atoms with van der Waals surface area (Å²) in [6, 6.07) is 9.83. The van der Waals surface area contributed by atoms with E-state index in [2.05, 4.69) is 56.6 Å². The predicted octanol–water partition coefficient (Wildman–Crippen LogP) is 4.30. The number of nitrogens with one attached hydrogen (secondary N) is 1. The van der Waals surface area contributed by atoms with Crippen LogP contribution in [0.15, 0.2) is 39.9 Å². The molecule has 11 heteroatoms. The van der Waals surface area contributed by atoms with Gasteiger partial charge in [0.2, 0.25) is 11.0 Å². The van der Waals surface area contributed by atoms with Crippen LogP contribution in [0.5, 0.6) is 17.2 Å². The lowest BCUT2D eigenvalue weighted by Gasteiger charge is -2.15. The van der Waals surface area contributed by atoms with Crippen molar-refractivity contribution < 1.29 is 19.0 Å². The Labute approximate surface area is 216 Å². The zero-order valence-corrected chi connectivity index (χ0v) is 22.2. The van der Waals surface area contributed by atoms with E-state index in [-0.39, 0.29) is 12.3 Å². The van der Waals surface area contributed by atoms with Gasteiger partial charge in [-0.05, 0) is 77.2 Å². The van der Waals surface area contributed by atoms with Crippen molar-refractivity contribution in [2.24, 2.45) is 5.10 Å². The number of ether oxygens (including phenoxy) is 3. The van der Waals surface area contributed by atoms with Gasteiger partial charge in [0.15, 0.2) is 11.5 Å². The van der Waals surface area contributed by atoms with Crippen molar-refractivity contribution in [3.63, 3.8) is 0 Å². The fourth-order valence-electron chi connectivity index (χ4n) is 3.17. The second-order valence-electron chi connectivity index (χ2n) is 7.47. The van der Waals surface area contributed by atoms with Crippen LogP contribution >= 0.6 is 27.3 Å². The molecule has 35 heavy (non-hydrogen) atoms. The van der Waals surface area contributed by atoms with E-state index in [9.17, 15) is 4.79 Å². The first-order valence-corrected chi connectivity index (χ1v) is 12.7. The molecule has 3 rings (SSSR count). The van der Waals surface area contributed by atoms with Crippen molar-refractivity contribution in [3.8, 4) is 17.2 Å². The van der Waals surface area contributed by atoms with Crippen LogP contribution < -0.4 is 25.4 Å². The molecule has 0 saturated carbocycles. The summed E-state index contributed by atoms with van der Waals surface area (Å²) in [4.78, 5) is 12.0. The Morgan fingerprint density at radius 3 is 2.66 bits per heavy atom. The van der Waals surface area contributed by atoms with E-state index in [0.29, 0.717) is 45.9 Å². The molecule has 0 spiro atoms. The van der Waals surface area contributed by atoms with Crippen LogP contribution in [-0.4, -0.2) is 42.1 Å². The minimum absolute atomic E-state index is 0.0528. The molecule has 0 aliphatic heterocycles. The number of aromatic nitrogens is 2. The monoisotopic (exact) mass is 561 g/mol. The average Bonchev–Trinajstić information content (AvgIpc) is 3.22. The summed E-state index contributed by atoms with van der Waals surface area (Å²) in [6.45, 7) is 7.26. The summed E-state index contributed by atoms with van der Waals surface area (Å²) < 4.78 is 18.3. The number of hydrazone groups is 1. The number of nitrogen functional groups attached to an aromatic ring is 1. The van der Waals surface area contributed by atoms with E-state index in [1.165, 1.54) is 17.3 Å². The van der Waals surface area contributed by atoms with E-state index < -0.39 is 0 Å². The Hall–Kier alpha value is -3.18. The normalized spacial score (nSPS) is 11.0. The second-order valence-corrected chi connectivity index (χ2v) is 9.42. The molecular formula is C24H28BrN5O4S. The highest BCUT2D eigenvalue weighted by Gasteiger charge is 2.13. The quantitative estimate of drug-likeness (QED) is 0.192. The Balaban J connectivity index is 1.58. The van der Waals surface area contributed by atoms with Gasteiger partial charge in [0, 0.05) is 0 Å². The van der Waals surface area contributed by atoms with E-state index in [0.717, 1.165) is 29.1 Å². The summed E-state index contributed by atoms with van der Waals surface area (Å²) in [5.41, 5.74) is 11.1. The van der Waals surface area contributed by atoms with Crippen LogP contribution in [0, 0.1) is 6.92 Å². The van der Waals surface area contributed by atoms with Gasteiger partial charge in [-0.15, -0.1) is 10.2 Å². The molecule has 0 aliphatic carbocycles.